The van der Waals surface area contributed by atoms with Crippen LogP contribution in [-0.2, 0) is 9.59 Å². The lowest BCUT2D eigenvalue weighted by Gasteiger charge is -2.43. The van der Waals surface area contributed by atoms with Gasteiger partial charge in [-0.15, -0.1) is 0 Å². The normalized spacial score (nSPS) is 23.4. The highest BCUT2D eigenvalue weighted by Crippen LogP contribution is 2.48. The molecule has 0 radical (unpaired) electrons. The number of carbonyl (C=O) groups excluding carboxylic acids is 2. The van der Waals surface area contributed by atoms with E-state index in [0.29, 0.717) is 16.8 Å². The van der Waals surface area contributed by atoms with Crippen LogP contribution in [0.3, 0.4) is 0 Å². The lowest BCUT2D eigenvalue weighted by Crippen LogP contribution is -2.48. The maximum Gasteiger partial charge on any atom is 0.269 e. The van der Waals surface area contributed by atoms with Gasteiger partial charge in [-0.3, -0.25) is 19.7 Å². The van der Waals surface area contributed by atoms with E-state index in [4.69, 9.17) is 0 Å². The van der Waals surface area contributed by atoms with Crippen molar-refractivity contribution in [2.75, 3.05) is 5.32 Å². The molecule has 2 N–H and O–H groups in total. The van der Waals surface area contributed by atoms with E-state index < -0.39 is 22.4 Å². The Kier molecular flexibility index (Phi) is 6.08. The molecule has 162 valence electrons. The number of Topliss-reactive ketones (excluding diaryl/α,β-unsaturated/α-hetero) is 2. The van der Waals surface area contributed by atoms with E-state index >= 15 is 0 Å². The fourth-order valence-corrected chi connectivity index (χ4v) is 4.49. The topological polar surface area (TPSA) is 110 Å². The number of allylic oxidation sites excluding steroid dienone is 1. The summed E-state index contributed by atoms with van der Waals surface area (Å²) < 4.78 is 0. The zero-order valence-corrected chi connectivity index (χ0v) is 18.0. The third-order valence-corrected chi connectivity index (χ3v) is 5.78. The molecule has 0 aliphatic heterocycles. The molecule has 3 unspecified atom stereocenters. The Balaban J connectivity index is 2.23. The number of ketones is 2. The van der Waals surface area contributed by atoms with E-state index in [2.05, 4.69) is 5.32 Å². The largest absolute Gasteiger partial charge is 0.389 e. The first-order valence-corrected chi connectivity index (χ1v) is 10.1. The smallest absolute Gasteiger partial charge is 0.269 e. The number of hydrogen-bond acceptors (Lipinski definition) is 6. The van der Waals surface area contributed by atoms with Gasteiger partial charge in [0.25, 0.3) is 5.69 Å². The Morgan fingerprint density at radius 2 is 1.81 bits per heavy atom. The van der Waals surface area contributed by atoms with Gasteiger partial charge in [-0.05, 0) is 45.4 Å². The summed E-state index contributed by atoms with van der Waals surface area (Å²) in [6, 6.07) is 13.5. The van der Waals surface area contributed by atoms with Crippen molar-refractivity contribution in [1.29, 1.82) is 0 Å². The molecule has 0 bridgehead atoms. The molecule has 1 aliphatic rings. The second-order valence-corrected chi connectivity index (χ2v) is 8.39. The van der Waals surface area contributed by atoms with Crippen molar-refractivity contribution in [2.24, 2.45) is 5.92 Å². The van der Waals surface area contributed by atoms with Crippen molar-refractivity contribution in [3.63, 3.8) is 0 Å². The Labute approximate surface area is 180 Å². The number of hydrogen-bond donors (Lipinski definition) is 2. The molecule has 7 heteroatoms. The monoisotopic (exact) mass is 422 g/mol. The number of rotatable bonds is 6. The van der Waals surface area contributed by atoms with Gasteiger partial charge in [-0.2, -0.15) is 0 Å². The molecule has 2 aromatic carbocycles. The first-order chi connectivity index (χ1) is 14.5. The van der Waals surface area contributed by atoms with Crippen LogP contribution in [0.5, 0.6) is 0 Å². The number of nitrogens with one attached hydrogen (secondary N) is 1. The Morgan fingerprint density at radius 1 is 1.16 bits per heavy atom. The van der Waals surface area contributed by atoms with Gasteiger partial charge < -0.3 is 10.4 Å². The van der Waals surface area contributed by atoms with Gasteiger partial charge in [-0.1, -0.05) is 29.8 Å². The van der Waals surface area contributed by atoms with Crippen molar-refractivity contribution in [1.82, 2.24) is 0 Å². The Morgan fingerprint density at radius 3 is 2.35 bits per heavy atom. The summed E-state index contributed by atoms with van der Waals surface area (Å²) in [5.74, 6) is -2.27. The summed E-state index contributed by atoms with van der Waals surface area (Å²) in [7, 11) is 0. The molecule has 3 atom stereocenters. The zero-order valence-electron chi connectivity index (χ0n) is 18.0. The SMILES string of the molecule is CC(=O)C1=C(Nc2ccc(C)cc2)CC(C)(O)C(C(C)=O)C1c1cccc([N+](=O)[O-])c1. The standard InChI is InChI=1S/C24H26N2O5/c1-14-8-10-18(11-9-14)25-20-13-24(4,29)23(16(3)28)22(21(20)15(2)27)17-6-5-7-19(12-17)26(30)31/h5-12,22-23,25,29H,13H2,1-4H3. The maximum absolute atomic E-state index is 12.8. The molecule has 0 amide bonds. The zero-order chi connectivity index (χ0) is 22.9. The van der Waals surface area contributed by atoms with E-state index in [1.54, 1.807) is 13.0 Å². The highest BCUT2D eigenvalue weighted by molar-refractivity contribution is 5.98. The number of non-ortho nitro benzene ring substituents is 1. The van der Waals surface area contributed by atoms with Gasteiger partial charge in [0.05, 0.1) is 16.4 Å². The molecule has 3 rings (SSSR count). The van der Waals surface area contributed by atoms with Gasteiger partial charge in [0.2, 0.25) is 0 Å². The van der Waals surface area contributed by atoms with Crippen molar-refractivity contribution in [3.05, 3.63) is 81.0 Å². The third-order valence-electron chi connectivity index (χ3n) is 5.78. The van der Waals surface area contributed by atoms with E-state index in [0.717, 1.165) is 11.3 Å². The summed E-state index contributed by atoms with van der Waals surface area (Å²) in [5.41, 5.74) is 1.54. The fraction of sp³-hybridized carbons (Fsp3) is 0.333. The molecule has 1 aliphatic carbocycles. The number of benzene rings is 2. The molecule has 0 saturated carbocycles. The van der Waals surface area contributed by atoms with Gasteiger partial charge in [0.1, 0.15) is 5.78 Å². The van der Waals surface area contributed by atoms with Gasteiger partial charge in [0, 0.05) is 41.4 Å². The molecule has 0 fully saturated rings. The second kappa shape index (κ2) is 8.43. The number of nitro groups is 1. The Bertz CT molecular complexity index is 1070. The molecule has 31 heavy (non-hydrogen) atoms. The van der Waals surface area contributed by atoms with Crippen LogP contribution < -0.4 is 5.32 Å². The van der Waals surface area contributed by atoms with E-state index in [-0.39, 0.29) is 23.7 Å². The van der Waals surface area contributed by atoms with Crippen molar-refractivity contribution in [3.8, 4) is 0 Å². The van der Waals surface area contributed by atoms with E-state index in [9.17, 15) is 24.8 Å². The van der Waals surface area contributed by atoms with Crippen LogP contribution in [0.4, 0.5) is 11.4 Å². The average molecular weight is 422 g/mol. The highest BCUT2D eigenvalue weighted by Gasteiger charge is 2.49. The van der Waals surface area contributed by atoms with Crippen LogP contribution >= 0.6 is 0 Å². The molecular weight excluding hydrogens is 396 g/mol. The summed E-state index contributed by atoms with van der Waals surface area (Å²) in [6.07, 6.45) is 0.0749. The average Bonchev–Trinajstić information content (AvgIpc) is 2.68. The second-order valence-electron chi connectivity index (χ2n) is 8.39. The number of anilines is 1. The minimum Gasteiger partial charge on any atom is -0.389 e. The predicted octanol–water partition coefficient (Wildman–Crippen LogP) is 4.30. The van der Waals surface area contributed by atoms with Crippen molar-refractivity contribution in [2.45, 2.75) is 45.6 Å². The molecule has 7 nitrogen and oxygen atoms in total. The fourth-order valence-electron chi connectivity index (χ4n) is 4.49. The van der Waals surface area contributed by atoms with Crippen LogP contribution in [0.15, 0.2) is 59.8 Å². The number of nitro benzene ring substituents is 1. The Hall–Kier alpha value is -3.32. The van der Waals surface area contributed by atoms with E-state index in [1.165, 1.54) is 32.0 Å². The quantitative estimate of drug-likeness (QED) is 0.530. The maximum atomic E-state index is 12.8. The van der Waals surface area contributed by atoms with Crippen molar-refractivity contribution >= 4 is 22.9 Å². The van der Waals surface area contributed by atoms with Gasteiger partial charge in [-0.25, -0.2) is 0 Å². The van der Waals surface area contributed by atoms with Crippen LogP contribution in [0, 0.1) is 23.0 Å². The first-order valence-electron chi connectivity index (χ1n) is 10.1. The molecule has 0 saturated heterocycles. The molecule has 0 aromatic heterocycles. The van der Waals surface area contributed by atoms with Crippen LogP contribution in [0.2, 0.25) is 0 Å². The molecule has 2 aromatic rings. The van der Waals surface area contributed by atoms with Crippen LogP contribution in [0.1, 0.15) is 44.2 Å². The summed E-state index contributed by atoms with van der Waals surface area (Å²) in [5, 5.41) is 25.8. The lowest BCUT2D eigenvalue weighted by molar-refractivity contribution is -0.384. The number of carbonyl (C=O) groups is 2. The number of aryl methyl sites for hydroxylation is 1. The summed E-state index contributed by atoms with van der Waals surface area (Å²) >= 11 is 0. The minimum atomic E-state index is -1.45. The number of aliphatic hydroxyl groups is 1. The van der Waals surface area contributed by atoms with E-state index in [1.807, 2.05) is 31.2 Å². The van der Waals surface area contributed by atoms with Crippen LogP contribution in [0.25, 0.3) is 0 Å². The molecule has 0 heterocycles. The third kappa shape index (κ3) is 4.56. The predicted molar refractivity (Wildman–Crippen MR) is 118 cm³/mol. The highest BCUT2D eigenvalue weighted by atomic mass is 16.6. The molecule has 0 spiro atoms. The van der Waals surface area contributed by atoms with Crippen molar-refractivity contribution < 1.29 is 19.6 Å². The lowest BCUT2D eigenvalue weighted by atomic mass is 9.64. The number of nitrogens with zero attached hydrogens (tertiary/aromatic N) is 1. The first kappa shape index (κ1) is 22.4. The summed E-state index contributed by atoms with van der Waals surface area (Å²) in [6.45, 7) is 6.32. The van der Waals surface area contributed by atoms with Crippen LogP contribution in [-0.4, -0.2) is 27.2 Å². The summed E-state index contributed by atoms with van der Waals surface area (Å²) in [4.78, 5) is 36.3. The molecular formula is C24H26N2O5. The van der Waals surface area contributed by atoms with Gasteiger partial charge >= 0.3 is 0 Å². The minimum absolute atomic E-state index is 0.0749. The van der Waals surface area contributed by atoms with Gasteiger partial charge in [0.15, 0.2) is 5.78 Å².